The van der Waals surface area contributed by atoms with E-state index in [1.807, 2.05) is 7.11 Å². The second-order valence-corrected chi connectivity index (χ2v) is 7.62. The molecule has 0 bridgehead atoms. The van der Waals surface area contributed by atoms with Crippen molar-refractivity contribution in [1.82, 2.24) is 0 Å². The van der Waals surface area contributed by atoms with E-state index in [1.54, 1.807) is 0 Å². The molecule has 0 spiro atoms. The van der Waals surface area contributed by atoms with Gasteiger partial charge >= 0.3 is 0 Å². The second kappa shape index (κ2) is 5.53. The van der Waals surface area contributed by atoms with Crippen LogP contribution < -0.4 is 0 Å². The van der Waals surface area contributed by atoms with Crippen LogP contribution in [0.25, 0.3) is 0 Å². The summed E-state index contributed by atoms with van der Waals surface area (Å²) in [5, 5.41) is 0. The Hall–Kier alpha value is -0.0400. The van der Waals surface area contributed by atoms with Gasteiger partial charge in [-0.1, -0.05) is 53.9 Å². The van der Waals surface area contributed by atoms with Crippen LogP contribution in [0.3, 0.4) is 0 Å². The summed E-state index contributed by atoms with van der Waals surface area (Å²) in [4.78, 5) is 0. The van der Waals surface area contributed by atoms with Gasteiger partial charge in [-0.25, -0.2) is 0 Å². The highest BCUT2D eigenvalue weighted by atomic mass is 16.5. The summed E-state index contributed by atoms with van der Waals surface area (Å²) in [5.41, 5.74) is 0.786. The van der Waals surface area contributed by atoms with Crippen LogP contribution in [-0.4, -0.2) is 12.7 Å². The highest BCUT2D eigenvalue weighted by Crippen LogP contribution is 2.48. The fourth-order valence-electron chi connectivity index (χ4n) is 3.48. The molecule has 0 amide bonds. The Morgan fingerprint density at radius 2 is 1.67 bits per heavy atom. The predicted molar refractivity (Wildman–Crippen MR) is 79.8 cm³/mol. The van der Waals surface area contributed by atoms with Gasteiger partial charge in [0.05, 0.1) is 5.60 Å². The maximum absolute atomic E-state index is 5.96. The van der Waals surface area contributed by atoms with Crippen LogP contribution >= 0.6 is 0 Å². The maximum atomic E-state index is 5.96. The van der Waals surface area contributed by atoms with Crippen LogP contribution in [0.4, 0.5) is 0 Å². The van der Waals surface area contributed by atoms with E-state index in [0.29, 0.717) is 5.41 Å². The molecule has 0 aromatic carbocycles. The summed E-state index contributed by atoms with van der Waals surface area (Å²) in [5.74, 6) is 0.831. The molecule has 108 valence electrons. The lowest BCUT2D eigenvalue weighted by Gasteiger charge is -2.44. The van der Waals surface area contributed by atoms with E-state index in [-0.39, 0.29) is 11.0 Å². The predicted octanol–water partition coefficient (Wildman–Crippen LogP) is 5.43. The minimum Gasteiger partial charge on any atom is -0.378 e. The standard InChI is InChI=1S/C17H34O/c1-8-16(5)12-13-17(6,18-7)15(3,4)11-9-10-14(16)2/h14H,8-13H2,1-7H3/t14-,16+,17-/m1/s1. The fourth-order valence-corrected chi connectivity index (χ4v) is 3.48. The zero-order chi connectivity index (χ0) is 14.0. The third kappa shape index (κ3) is 2.92. The largest absolute Gasteiger partial charge is 0.378 e. The van der Waals surface area contributed by atoms with E-state index >= 15 is 0 Å². The molecule has 1 fully saturated rings. The van der Waals surface area contributed by atoms with Gasteiger partial charge in [-0.2, -0.15) is 0 Å². The highest BCUT2D eigenvalue weighted by molar-refractivity contribution is 4.95. The van der Waals surface area contributed by atoms with Gasteiger partial charge in [-0.05, 0) is 42.9 Å². The van der Waals surface area contributed by atoms with Gasteiger partial charge in [0.25, 0.3) is 0 Å². The van der Waals surface area contributed by atoms with Crippen LogP contribution in [0.2, 0.25) is 0 Å². The smallest absolute Gasteiger partial charge is 0.0701 e. The van der Waals surface area contributed by atoms with Gasteiger partial charge < -0.3 is 4.74 Å². The first-order valence-electron chi connectivity index (χ1n) is 7.76. The second-order valence-electron chi connectivity index (χ2n) is 7.62. The zero-order valence-corrected chi connectivity index (χ0v) is 13.7. The molecule has 18 heavy (non-hydrogen) atoms. The van der Waals surface area contributed by atoms with Crippen LogP contribution in [0.5, 0.6) is 0 Å². The molecule has 0 aromatic rings. The fraction of sp³-hybridized carbons (Fsp3) is 1.00. The molecule has 1 rings (SSSR count). The lowest BCUT2D eigenvalue weighted by molar-refractivity contribution is -0.0994. The van der Waals surface area contributed by atoms with Crippen molar-refractivity contribution in [1.29, 1.82) is 0 Å². The molecule has 1 aliphatic carbocycles. The number of rotatable bonds is 2. The van der Waals surface area contributed by atoms with Gasteiger partial charge in [-0.15, -0.1) is 0 Å². The van der Waals surface area contributed by atoms with Gasteiger partial charge in [0, 0.05) is 7.11 Å². The average Bonchev–Trinajstić information content (AvgIpc) is 2.36. The molecule has 1 heteroatoms. The molecule has 0 radical (unpaired) electrons. The lowest BCUT2D eigenvalue weighted by Crippen LogP contribution is -2.44. The molecule has 0 saturated heterocycles. The van der Waals surface area contributed by atoms with Gasteiger partial charge in [-0.3, -0.25) is 0 Å². The summed E-state index contributed by atoms with van der Waals surface area (Å²) in [7, 11) is 1.90. The summed E-state index contributed by atoms with van der Waals surface area (Å²) < 4.78 is 5.96. The molecular formula is C17H34O. The Bertz CT molecular complexity index is 271. The van der Waals surface area contributed by atoms with Crippen molar-refractivity contribution in [2.45, 2.75) is 85.7 Å². The van der Waals surface area contributed by atoms with Crippen molar-refractivity contribution in [3.8, 4) is 0 Å². The van der Waals surface area contributed by atoms with Crippen LogP contribution in [0, 0.1) is 16.7 Å². The molecule has 0 heterocycles. The van der Waals surface area contributed by atoms with Crippen LogP contribution in [-0.2, 0) is 4.74 Å². The third-order valence-corrected chi connectivity index (χ3v) is 6.49. The van der Waals surface area contributed by atoms with Crippen molar-refractivity contribution in [2.24, 2.45) is 16.7 Å². The van der Waals surface area contributed by atoms with E-state index in [0.717, 1.165) is 5.92 Å². The van der Waals surface area contributed by atoms with Crippen molar-refractivity contribution in [2.75, 3.05) is 7.11 Å². The van der Waals surface area contributed by atoms with Gasteiger partial charge in [0.2, 0.25) is 0 Å². The normalized spacial score (nSPS) is 41.8. The Morgan fingerprint density at radius 3 is 2.17 bits per heavy atom. The first kappa shape index (κ1) is 16.0. The number of hydrogen-bond acceptors (Lipinski definition) is 1. The minimum absolute atomic E-state index is 0.0213. The summed E-state index contributed by atoms with van der Waals surface area (Å²) in [6, 6.07) is 0. The quantitative estimate of drug-likeness (QED) is 0.638. The monoisotopic (exact) mass is 254 g/mol. The number of ether oxygens (including phenoxy) is 1. The van der Waals surface area contributed by atoms with E-state index < -0.39 is 0 Å². The average molecular weight is 254 g/mol. The zero-order valence-electron chi connectivity index (χ0n) is 13.7. The third-order valence-electron chi connectivity index (χ3n) is 6.49. The molecule has 3 atom stereocenters. The first-order chi connectivity index (χ1) is 8.21. The number of hydrogen-bond donors (Lipinski definition) is 0. The van der Waals surface area contributed by atoms with Crippen molar-refractivity contribution >= 4 is 0 Å². The Labute approximate surface area is 115 Å². The van der Waals surface area contributed by atoms with Crippen molar-refractivity contribution in [3.05, 3.63) is 0 Å². The summed E-state index contributed by atoms with van der Waals surface area (Å²) in [6.45, 7) is 14.4. The van der Waals surface area contributed by atoms with Crippen molar-refractivity contribution < 1.29 is 4.74 Å². The lowest BCUT2D eigenvalue weighted by atomic mass is 9.67. The van der Waals surface area contributed by atoms with Crippen LogP contribution in [0.1, 0.15) is 80.1 Å². The van der Waals surface area contributed by atoms with Crippen LogP contribution in [0.15, 0.2) is 0 Å². The minimum atomic E-state index is 0.0213. The first-order valence-corrected chi connectivity index (χ1v) is 7.76. The molecule has 1 saturated carbocycles. The molecule has 1 nitrogen and oxygen atoms in total. The molecule has 1 aliphatic rings. The number of methoxy groups -OCH3 is 1. The SMILES string of the molecule is CC[C@@]1(C)CC[C@@](C)(OC)C(C)(C)CCC[C@H]1C. The Kier molecular flexibility index (Phi) is 4.92. The molecule has 0 unspecified atom stereocenters. The Balaban J connectivity index is 2.98. The summed E-state index contributed by atoms with van der Waals surface area (Å²) in [6.07, 6.45) is 7.75. The molecule has 0 N–H and O–H groups in total. The Morgan fingerprint density at radius 1 is 1.06 bits per heavy atom. The molecule has 0 aromatic heterocycles. The van der Waals surface area contributed by atoms with E-state index in [1.165, 1.54) is 38.5 Å². The summed E-state index contributed by atoms with van der Waals surface area (Å²) >= 11 is 0. The van der Waals surface area contributed by atoms with Gasteiger partial charge in [0.1, 0.15) is 0 Å². The molecular weight excluding hydrogens is 220 g/mol. The molecule has 0 aliphatic heterocycles. The van der Waals surface area contributed by atoms with E-state index in [2.05, 4.69) is 41.5 Å². The van der Waals surface area contributed by atoms with Gasteiger partial charge in [0.15, 0.2) is 0 Å². The van der Waals surface area contributed by atoms with Crippen molar-refractivity contribution in [3.63, 3.8) is 0 Å². The van der Waals surface area contributed by atoms with E-state index in [9.17, 15) is 0 Å². The van der Waals surface area contributed by atoms with E-state index in [4.69, 9.17) is 4.74 Å². The topological polar surface area (TPSA) is 9.23 Å². The maximum Gasteiger partial charge on any atom is 0.0701 e. The highest BCUT2D eigenvalue weighted by Gasteiger charge is 2.44.